The van der Waals surface area contributed by atoms with Gasteiger partial charge in [0.1, 0.15) is 0 Å². The summed E-state index contributed by atoms with van der Waals surface area (Å²) in [5.74, 6) is 0.214. The molecular formula is C16H23ClN2O. The van der Waals surface area contributed by atoms with Gasteiger partial charge in [-0.25, -0.2) is 0 Å². The van der Waals surface area contributed by atoms with Gasteiger partial charge in [0.25, 0.3) is 5.91 Å². The number of hydrogen-bond acceptors (Lipinski definition) is 2. The summed E-state index contributed by atoms with van der Waals surface area (Å²) in [6.07, 6.45) is 3.23. The van der Waals surface area contributed by atoms with E-state index >= 15 is 0 Å². The summed E-state index contributed by atoms with van der Waals surface area (Å²) in [6, 6.07) is 6.06. The summed E-state index contributed by atoms with van der Waals surface area (Å²) in [5.41, 5.74) is 3.53. The zero-order valence-electron chi connectivity index (χ0n) is 12.2. The van der Waals surface area contributed by atoms with Gasteiger partial charge in [0.05, 0.1) is 0 Å². The van der Waals surface area contributed by atoms with Crippen LogP contribution in [0, 0.1) is 5.41 Å². The van der Waals surface area contributed by atoms with E-state index < -0.39 is 0 Å². The Morgan fingerprint density at radius 1 is 1.35 bits per heavy atom. The highest BCUT2D eigenvalue weighted by Crippen LogP contribution is 2.32. The lowest BCUT2D eigenvalue weighted by Crippen LogP contribution is -2.31. The van der Waals surface area contributed by atoms with Crippen molar-refractivity contribution in [3.8, 4) is 0 Å². The molecule has 1 N–H and O–H groups in total. The minimum Gasteiger partial charge on any atom is -0.385 e. The van der Waals surface area contributed by atoms with E-state index in [1.54, 1.807) is 0 Å². The van der Waals surface area contributed by atoms with Crippen LogP contribution in [0.15, 0.2) is 18.2 Å². The molecule has 0 atom stereocenters. The standard InChI is InChI=1S/C16H22N2O.ClH/c1-16(2)8-10-18(11-16)15(19)13-5-3-7-14-12(13)6-4-9-17-14;/h3,5,7,17H,4,6,8-11H2,1-2H3;1H. The van der Waals surface area contributed by atoms with Gasteiger partial charge in [-0.15, -0.1) is 12.4 Å². The molecule has 1 aromatic carbocycles. The second kappa shape index (κ2) is 5.65. The van der Waals surface area contributed by atoms with Gasteiger partial charge in [-0.3, -0.25) is 4.79 Å². The number of nitrogens with zero attached hydrogens (tertiary/aromatic N) is 1. The van der Waals surface area contributed by atoms with E-state index in [1.165, 1.54) is 5.56 Å². The van der Waals surface area contributed by atoms with E-state index in [-0.39, 0.29) is 23.7 Å². The molecule has 1 fully saturated rings. The van der Waals surface area contributed by atoms with Gasteiger partial charge < -0.3 is 10.2 Å². The van der Waals surface area contributed by atoms with Crippen molar-refractivity contribution in [1.82, 2.24) is 4.90 Å². The van der Waals surface area contributed by atoms with Crippen molar-refractivity contribution in [2.75, 3.05) is 25.0 Å². The van der Waals surface area contributed by atoms with Crippen molar-refractivity contribution < 1.29 is 4.79 Å². The smallest absolute Gasteiger partial charge is 0.254 e. The third-order valence-corrected chi connectivity index (χ3v) is 4.29. The van der Waals surface area contributed by atoms with Gasteiger partial charge in [0, 0.05) is 30.9 Å². The van der Waals surface area contributed by atoms with Gasteiger partial charge in [0.2, 0.25) is 0 Å². The van der Waals surface area contributed by atoms with Crippen LogP contribution >= 0.6 is 12.4 Å². The van der Waals surface area contributed by atoms with Crippen LogP contribution in [0.3, 0.4) is 0 Å². The summed E-state index contributed by atoms with van der Waals surface area (Å²) in [6.45, 7) is 7.26. The molecule has 1 saturated heterocycles. The Balaban J connectivity index is 0.00000147. The molecule has 3 rings (SSSR count). The molecule has 2 heterocycles. The summed E-state index contributed by atoms with van der Waals surface area (Å²) in [4.78, 5) is 14.7. The Morgan fingerprint density at radius 2 is 2.15 bits per heavy atom. The number of carbonyl (C=O) groups is 1. The van der Waals surface area contributed by atoms with Crippen molar-refractivity contribution in [2.24, 2.45) is 5.41 Å². The largest absolute Gasteiger partial charge is 0.385 e. The van der Waals surface area contributed by atoms with Crippen LogP contribution in [0.5, 0.6) is 0 Å². The van der Waals surface area contributed by atoms with Crippen molar-refractivity contribution in [1.29, 1.82) is 0 Å². The summed E-state index contributed by atoms with van der Waals surface area (Å²) < 4.78 is 0. The second-order valence-electron chi connectivity index (χ2n) is 6.50. The zero-order valence-corrected chi connectivity index (χ0v) is 13.1. The Bertz CT molecular complexity index is 513. The lowest BCUT2D eigenvalue weighted by Gasteiger charge is -2.24. The number of nitrogens with one attached hydrogen (secondary N) is 1. The zero-order chi connectivity index (χ0) is 13.5. The van der Waals surface area contributed by atoms with E-state index in [4.69, 9.17) is 0 Å². The predicted octanol–water partition coefficient (Wildman–Crippen LogP) is 3.34. The number of hydrogen-bond donors (Lipinski definition) is 1. The molecule has 0 spiro atoms. The molecule has 0 aromatic heterocycles. The first-order valence-electron chi connectivity index (χ1n) is 7.22. The van der Waals surface area contributed by atoms with Gasteiger partial charge in [-0.05, 0) is 42.4 Å². The highest BCUT2D eigenvalue weighted by molar-refractivity contribution is 5.97. The molecule has 1 amide bonds. The molecule has 110 valence electrons. The number of carbonyl (C=O) groups excluding carboxylic acids is 1. The number of amides is 1. The molecule has 0 radical (unpaired) electrons. The molecular weight excluding hydrogens is 272 g/mol. The lowest BCUT2D eigenvalue weighted by atomic mass is 9.93. The Labute approximate surface area is 127 Å². The van der Waals surface area contributed by atoms with E-state index in [0.717, 1.165) is 50.1 Å². The topological polar surface area (TPSA) is 32.3 Å². The van der Waals surface area contributed by atoms with E-state index in [9.17, 15) is 4.79 Å². The first-order valence-corrected chi connectivity index (χ1v) is 7.22. The summed E-state index contributed by atoms with van der Waals surface area (Å²) in [5, 5.41) is 3.39. The molecule has 0 unspecified atom stereocenters. The minimum absolute atomic E-state index is 0. The fourth-order valence-corrected chi connectivity index (χ4v) is 3.17. The second-order valence-corrected chi connectivity index (χ2v) is 6.50. The number of benzene rings is 1. The van der Waals surface area contributed by atoms with Crippen molar-refractivity contribution in [2.45, 2.75) is 33.1 Å². The van der Waals surface area contributed by atoms with Gasteiger partial charge in [-0.2, -0.15) is 0 Å². The predicted molar refractivity (Wildman–Crippen MR) is 84.8 cm³/mol. The molecule has 0 bridgehead atoms. The van der Waals surface area contributed by atoms with Gasteiger partial charge in [0.15, 0.2) is 0 Å². The molecule has 1 aromatic rings. The molecule has 2 aliphatic heterocycles. The van der Waals surface area contributed by atoms with Crippen LogP contribution in [0.1, 0.15) is 42.6 Å². The highest BCUT2D eigenvalue weighted by Gasteiger charge is 2.33. The fraction of sp³-hybridized carbons (Fsp3) is 0.562. The number of rotatable bonds is 1. The highest BCUT2D eigenvalue weighted by atomic mass is 35.5. The van der Waals surface area contributed by atoms with Crippen LogP contribution < -0.4 is 5.32 Å². The normalized spacial score (nSPS) is 19.8. The molecule has 20 heavy (non-hydrogen) atoms. The first-order chi connectivity index (χ1) is 9.07. The van der Waals surface area contributed by atoms with Gasteiger partial charge >= 0.3 is 0 Å². The van der Waals surface area contributed by atoms with E-state index in [2.05, 4.69) is 25.2 Å². The summed E-state index contributed by atoms with van der Waals surface area (Å²) >= 11 is 0. The fourth-order valence-electron chi connectivity index (χ4n) is 3.17. The summed E-state index contributed by atoms with van der Waals surface area (Å²) in [7, 11) is 0. The number of likely N-dealkylation sites (tertiary alicyclic amines) is 1. The number of halogens is 1. The quantitative estimate of drug-likeness (QED) is 0.861. The average Bonchev–Trinajstić information content (AvgIpc) is 2.78. The molecule has 3 nitrogen and oxygen atoms in total. The van der Waals surface area contributed by atoms with Crippen LogP contribution in [-0.2, 0) is 6.42 Å². The maximum Gasteiger partial charge on any atom is 0.254 e. The maximum absolute atomic E-state index is 12.7. The van der Waals surface area contributed by atoms with Crippen molar-refractivity contribution in [3.63, 3.8) is 0 Å². The Kier molecular flexibility index (Phi) is 4.28. The third kappa shape index (κ3) is 2.78. The Hall–Kier alpha value is -1.22. The van der Waals surface area contributed by atoms with Crippen molar-refractivity contribution in [3.05, 3.63) is 29.3 Å². The SMILES string of the molecule is CC1(C)CCN(C(=O)c2cccc3c2CCCN3)C1.Cl. The van der Waals surface area contributed by atoms with E-state index in [1.807, 2.05) is 17.0 Å². The van der Waals surface area contributed by atoms with Crippen LogP contribution in [-0.4, -0.2) is 30.4 Å². The monoisotopic (exact) mass is 294 g/mol. The number of anilines is 1. The molecule has 0 aliphatic carbocycles. The van der Waals surface area contributed by atoms with Crippen molar-refractivity contribution >= 4 is 24.0 Å². The third-order valence-electron chi connectivity index (χ3n) is 4.29. The molecule has 2 aliphatic rings. The van der Waals surface area contributed by atoms with Crippen LogP contribution in [0.2, 0.25) is 0 Å². The minimum atomic E-state index is 0. The Morgan fingerprint density at radius 3 is 2.85 bits per heavy atom. The van der Waals surface area contributed by atoms with Gasteiger partial charge in [-0.1, -0.05) is 19.9 Å². The molecule has 0 saturated carbocycles. The van der Waals surface area contributed by atoms with E-state index in [0.29, 0.717) is 0 Å². The number of fused-ring (bicyclic) bond motifs is 1. The molecule has 4 heteroatoms. The maximum atomic E-state index is 12.7. The average molecular weight is 295 g/mol. The lowest BCUT2D eigenvalue weighted by molar-refractivity contribution is 0.0777. The van der Waals surface area contributed by atoms with Crippen LogP contribution in [0.25, 0.3) is 0 Å². The van der Waals surface area contributed by atoms with Crippen LogP contribution in [0.4, 0.5) is 5.69 Å². The first kappa shape index (κ1) is 15.2.